The number of hydrogen-bond acceptors (Lipinski definition) is 4. The summed E-state index contributed by atoms with van der Waals surface area (Å²) in [6.07, 6.45) is 3.09. The summed E-state index contributed by atoms with van der Waals surface area (Å²) in [4.78, 5) is 7.68. The lowest BCUT2D eigenvalue weighted by Gasteiger charge is -2.05. The Hall–Kier alpha value is -2.10. The molecule has 1 aromatic heterocycles. The molecule has 0 saturated heterocycles. The van der Waals surface area contributed by atoms with Gasteiger partial charge in [0.15, 0.2) is 5.75 Å². The highest BCUT2D eigenvalue weighted by molar-refractivity contribution is 5.32. The summed E-state index contributed by atoms with van der Waals surface area (Å²) in [5.41, 5.74) is 6.51. The van der Waals surface area contributed by atoms with E-state index in [0.717, 1.165) is 11.3 Å². The fourth-order valence-corrected chi connectivity index (χ4v) is 1.19. The van der Waals surface area contributed by atoms with Gasteiger partial charge in [0.2, 0.25) is 5.95 Å². The minimum atomic E-state index is 0.242. The van der Waals surface area contributed by atoms with Crippen LogP contribution >= 0.6 is 0 Å². The van der Waals surface area contributed by atoms with Gasteiger partial charge in [0, 0.05) is 0 Å². The third-order valence-electron chi connectivity index (χ3n) is 1.87. The van der Waals surface area contributed by atoms with E-state index in [1.54, 1.807) is 12.4 Å². The van der Waals surface area contributed by atoms with Crippen molar-refractivity contribution in [3.05, 3.63) is 42.2 Å². The summed E-state index contributed by atoms with van der Waals surface area (Å²) in [7, 11) is 0. The SMILES string of the molecule is Cc1cccc(Oc2cnc(N)nc2)c1. The van der Waals surface area contributed by atoms with Gasteiger partial charge in [-0.3, -0.25) is 0 Å². The molecule has 0 atom stereocenters. The molecule has 15 heavy (non-hydrogen) atoms. The van der Waals surface area contributed by atoms with Crippen LogP contribution in [0.5, 0.6) is 11.5 Å². The first kappa shape index (κ1) is 9.45. The van der Waals surface area contributed by atoms with Crippen LogP contribution < -0.4 is 10.5 Å². The lowest BCUT2D eigenvalue weighted by molar-refractivity contribution is 0.477. The molecule has 1 heterocycles. The third kappa shape index (κ3) is 2.43. The molecule has 0 saturated carbocycles. The molecule has 1 aromatic carbocycles. The van der Waals surface area contributed by atoms with Crippen molar-refractivity contribution in [1.29, 1.82) is 0 Å². The second kappa shape index (κ2) is 3.96. The number of aryl methyl sites for hydroxylation is 1. The number of rotatable bonds is 2. The van der Waals surface area contributed by atoms with Crippen molar-refractivity contribution in [2.75, 3.05) is 5.73 Å². The van der Waals surface area contributed by atoms with E-state index in [-0.39, 0.29) is 5.95 Å². The Bertz CT molecular complexity index is 454. The van der Waals surface area contributed by atoms with Gasteiger partial charge in [-0.05, 0) is 24.6 Å². The van der Waals surface area contributed by atoms with Crippen LogP contribution in [-0.4, -0.2) is 9.97 Å². The maximum absolute atomic E-state index is 5.53. The first-order valence-corrected chi connectivity index (χ1v) is 4.56. The van der Waals surface area contributed by atoms with Crippen LogP contribution in [0.1, 0.15) is 5.56 Å². The first-order chi connectivity index (χ1) is 7.24. The van der Waals surface area contributed by atoms with Gasteiger partial charge in [-0.1, -0.05) is 12.1 Å². The Kier molecular flexibility index (Phi) is 2.49. The zero-order valence-electron chi connectivity index (χ0n) is 8.34. The normalized spacial score (nSPS) is 9.93. The van der Waals surface area contributed by atoms with Crippen LogP contribution in [-0.2, 0) is 0 Å². The molecule has 0 fully saturated rings. The number of aromatic nitrogens is 2. The Labute approximate surface area is 87.7 Å². The van der Waals surface area contributed by atoms with Crippen molar-refractivity contribution in [1.82, 2.24) is 9.97 Å². The molecule has 4 nitrogen and oxygen atoms in total. The molecule has 0 aliphatic rings. The maximum atomic E-state index is 5.53. The molecule has 0 aliphatic heterocycles. The summed E-state index contributed by atoms with van der Waals surface area (Å²) < 4.78 is 5.53. The summed E-state index contributed by atoms with van der Waals surface area (Å²) in [6.45, 7) is 2.01. The molecule has 76 valence electrons. The zero-order chi connectivity index (χ0) is 10.7. The topological polar surface area (TPSA) is 61.0 Å². The average Bonchev–Trinajstić information content (AvgIpc) is 2.22. The maximum Gasteiger partial charge on any atom is 0.220 e. The van der Waals surface area contributed by atoms with Gasteiger partial charge >= 0.3 is 0 Å². The van der Waals surface area contributed by atoms with Crippen LogP contribution in [0.2, 0.25) is 0 Å². The molecule has 0 unspecified atom stereocenters. The van der Waals surface area contributed by atoms with Crippen LogP contribution in [0.3, 0.4) is 0 Å². The molecule has 0 aliphatic carbocycles. The standard InChI is InChI=1S/C11H11N3O/c1-8-3-2-4-9(5-8)15-10-6-13-11(12)14-7-10/h2-7H,1H3,(H2,12,13,14). The molecule has 0 amide bonds. The molecular formula is C11H11N3O. The van der Waals surface area contributed by atoms with Gasteiger partial charge in [0.1, 0.15) is 5.75 Å². The lowest BCUT2D eigenvalue weighted by atomic mass is 10.2. The van der Waals surface area contributed by atoms with Gasteiger partial charge < -0.3 is 10.5 Å². The Morgan fingerprint density at radius 2 is 1.87 bits per heavy atom. The average molecular weight is 201 g/mol. The van der Waals surface area contributed by atoms with Crippen molar-refractivity contribution < 1.29 is 4.74 Å². The van der Waals surface area contributed by atoms with Crippen LogP contribution in [0.4, 0.5) is 5.95 Å². The molecular weight excluding hydrogens is 190 g/mol. The summed E-state index contributed by atoms with van der Waals surface area (Å²) in [6, 6.07) is 7.76. The number of nitrogen functional groups attached to an aromatic ring is 1. The quantitative estimate of drug-likeness (QED) is 0.808. The van der Waals surface area contributed by atoms with Crippen LogP contribution in [0.15, 0.2) is 36.7 Å². The van der Waals surface area contributed by atoms with Crippen molar-refractivity contribution in [3.8, 4) is 11.5 Å². The van der Waals surface area contributed by atoms with Gasteiger partial charge in [-0.2, -0.15) is 0 Å². The van der Waals surface area contributed by atoms with Gasteiger partial charge in [-0.25, -0.2) is 9.97 Å². The third-order valence-corrected chi connectivity index (χ3v) is 1.87. The van der Waals surface area contributed by atoms with E-state index in [9.17, 15) is 0 Å². The summed E-state index contributed by atoms with van der Waals surface area (Å²) in [5.74, 6) is 1.59. The molecule has 0 radical (unpaired) electrons. The first-order valence-electron chi connectivity index (χ1n) is 4.56. The predicted octanol–water partition coefficient (Wildman–Crippen LogP) is 2.16. The molecule has 2 aromatic rings. The molecule has 2 N–H and O–H groups in total. The van der Waals surface area contributed by atoms with E-state index in [4.69, 9.17) is 10.5 Å². The second-order valence-electron chi connectivity index (χ2n) is 3.20. The van der Waals surface area contributed by atoms with Crippen molar-refractivity contribution in [3.63, 3.8) is 0 Å². The Balaban J connectivity index is 2.18. The fourth-order valence-electron chi connectivity index (χ4n) is 1.19. The van der Waals surface area contributed by atoms with E-state index in [1.807, 2.05) is 31.2 Å². The molecule has 0 spiro atoms. The number of nitrogens with zero attached hydrogens (tertiary/aromatic N) is 2. The lowest BCUT2D eigenvalue weighted by Crippen LogP contribution is -1.94. The Morgan fingerprint density at radius 3 is 2.53 bits per heavy atom. The molecule has 0 bridgehead atoms. The second-order valence-corrected chi connectivity index (χ2v) is 3.20. The van der Waals surface area contributed by atoms with E-state index >= 15 is 0 Å². The highest BCUT2D eigenvalue weighted by Gasteiger charge is 1.98. The van der Waals surface area contributed by atoms with Crippen LogP contribution in [0, 0.1) is 6.92 Å². The highest BCUT2D eigenvalue weighted by atomic mass is 16.5. The van der Waals surface area contributed by atoms with Gasteiger partial charge in [-0.15, -0.1) is 0 Å². The summed E-state index contributed by atoms with van der Waals surface area (Å²) in [5, 5.41) is 0. The predicted molar refractivity (Wildman–Crippen MR) is 57.7 cm³/mol. The number of hydrogen-bond donors (Lipinski definition) is 1. The van der Waals surface area contributed by atoms with Gasteiger partial charge in [0.25, 0.3) is 0 Å². The van der Waals surface area contributed by atoms with Crippen LogP contribution in [0.25, 0.3) is 0 Å². The largest absolute Gasteiger partial charge is 0.454 e. The van der Waals surface area contributed by atoms with Crippen molar-refractivity contribution >= 4 is 5.95 Å². The summed E-state index contributed by atoms with van der Waals surface area (Å²) >= 11 is 0. The fraction of sp³-hybridized carbons (Fsp3) is 0.0909. The van der Waals surface area contributed by atoms with E-state index < -0.39 is 0 Å². The number of benzene rings is 1. The smallest absolute Gasteiger partial charge is 0.220 e. The minimum absolute atomic E-state index is 0.242. The van der Waals surface area contributed by atoms with E-state index in [2.05, 4.69) is 9.97 Å². The Morgan fingerprint density at radius 1 is 1.13 bits per heavy atom. The molecule has 2 rings (SSSR count). The highest BCUT2D eigenvalue weighted by Crippen LogP contribution is 2.20. The zero-order valence-corrected chi connectivity index (χ0v) is 8.34. The van der Waals surface area contributed by atoms with E-state index in [0.29, 0.717) is 5.75 Å². The van der Waals surface area contributed by atoms with Crippen molar-refractivity contribution in [2.45, 2.75) is 6.92 Å². The number of ether oxygens (including phenoxy) is 1. The monoisotopic (exact) mass is 201 g/mol. The van der Waals surface area contributed by atoms with Gasteiger partial charge in [0.05, 0.1) is 12.4 Å². The van der Waals surface area contributed by atoms with Crippen molar-refractivity contribution in [2.24, 2.45) is 0 Å². The van der Waals surface area contributed by atoms with E-state index in [1.165, 1.54) is 0 Å². The number of anilines is 1. The molecule has 4 heteroatoms. The number of nitrogens with two attached hydrogens (primary N) is 1. The minimum Gasteiger partial charge on any atom is -0.454 e.